The number of rotatable bonds is 7. The third kappa shape index (κ3) is 7.06. The zero-order chi connectivity index (χ0) is 18.2. The van der Waals surface area contributed by atoms with E-state index in [0.717, 1.165) is 41.9 Å². The molecule has 0 saturated heterocycles. The van der Waals surface area contributed by atoms with Crippen molar-refractivity contribution >= 4 is 47.0 Å². The Bertz CT molecular complexity index is 700. The van der Waals surface area contributed by atoms with Gasteiger partial charge in [0.25, 0.3) is 0 Å². The summed E-state index contributed by atoms with van der Waals surface area (Å²) < 4.78 is 13.3. The topological polar surface area (TPSA) is 52.6 Å². The van der Waals surface area contributed by atoms with Crippen molar-refractivity contribution in [2.24, 2.45) is 4.99 Å². The summed E-state index contributed by atoms with van der Waals surface area (Å²) in [4.78, 5) is 12.0. The van der Waals surface area contributed by atoms with Gasteiger partial charge in [0.1, 0.15) is 10.8 Å². The third-order valence-electron chi connectivity index (χ3n) is 3.92. The summed E-state index contributed by atoms with van der Waals surface area (Å²) in [6.45, 7) is 6.39. The van der Waals surface area contributed by atoms with Crippen LogP contribution < -0.4 is 15.5 Å². The first-order valence-corrected chi connectivity index (χ1v) is 9.15. The van der Waals surface area contributed by atoms with Crippen LogP contribution in [-0.2, 0) is 6.54 Å². The van der Waals surface area contributed by atoms with Gasteiger partial charge in [0, 0.05) is 37.7 Å². The van der Waals surface area contributed by atoms with Gasteiger partial charge in [0.2, 0.25) is 0 Å². The fourth-order valence-corrected chi connectivity index (χ4v) is 3.23. The van der Waals surface area contributed by atoms with Crippen LogP contribution in [0.2, 0.25) is 0 Å². The van der Waals surface area contributed by atoms with Crippen LogP contribution in [0.5, 0.6) is 0 Å². The lowest BCUT2D eigenvalue weighted by molar-refractivity contribution is 0.626. The van der Waals surface area contributed by atoms with Crippen LogP contribution in [0.15, 0.2) is 29.3 Å². The van der Waals surface area contributed by atoms with Gasteiger partial charge < -0.3 is 15.5 Å². The van der Waals surface area contributed by atoms with Crippen LogP contribution in [-0.4, -0.2) is 38.1 Å². The first-order valence-electron chi connectivity index (χ1n) is 8.33. The van der Waals surface area contributed by atoms with E-state index in [1.807, 2.05) is 24.9 Å². The number of hydrogen-bond acceptors (Lipinski definition) is 4. The van der Waals surface area contributed by atoms with Gasteiger partial charge in [-0.1, -0.05) is 6.07 Å². The van der Waals surface area contributed by atoms with E-state index in [1.165, 1.54) is 10.9 Å². The highest BCUT2D eigenvalue weighted by Gasteiger charge is 2.05. The molecule has 2 N–H and O–H groups in total. The first-order chi connectivity index (χ1) is 12.0. The maximum Gasteiger partial charge on any atom is 0.191 e. The Kier molecular flexibility index (Phi) is 9.85. The van der Waals surface area contributed by atoms with Crippen molar-refractivity contribution in [3.63, 3.8) is 0 Å². The summed E-state index contributed by atoms with van der Waals surface area (Å²) in [5.41, 5.74) is 1.97. The molecule has 0 spiro atoms. The number of aryl methyl sites for hydroxylation is 2. The second-order valence-corrected chi connectivity index (χ2v) is 7.14. The van der Waals surface area contributed by atoms with Gasteiger partial charge in [-0.3, -0.25) is 4.99 Å². The molecule has 1 aromatic heterocycles. The predicted octanol–water partition coefficient (Wildman–Crippen LogP) is 3.71. The molecule has 0 aliphatic carbocycles. The van der Waals surface area contributed by atoms with Gasteiger partial charge in [-0.05, 0) is 38.5 Å². The largest absolute Gasteiger partial charge is 0.374 e. The molecule has 0 aliphatic rings. The average molecular weight is 491 g/mol. The molecule has 0 radical (unpaired) electrons. The molecule has 0 unspecified atom stereocenters. The van der Waals surface area contributed by atoms with E-state index in [2.05, 4.69) is 27.5 Å². The van der Waals surface area contributed by atoms with Crippen LogP contribution >= 0.6 is 35.3 Å². The molecular formula is C18H27FIN5S. The number of guanidine groups is 1. The third-order valence-corrected chi connectivity index (χ3v) is 4.99. The molecule has 5 nitrogen and oxygen atoms in total. The number of aliphatic imine (C=N–C) groups is 1. The van der Waals surface area contributed by atoms with Crippen LogP contribution in [0, 0.1) is 19.7 Å². The summed E-state index contributed by atoms with van der Waals surface area (Å²) in [6, 6.07) is 6.65. The second kappa shape index (κ2) is 11.3. The first kappa shape index (κ1) is 22.6. The molecule has 8 heteroatoms. The number of hydrogen-bond donors (Lipinski definition) is 2. The number of anilines is 1. The van der Waals surface area contributed by atoms with Crippen molar-refractivity contribution in [1.82, 2.24) is 15.6 Å². The number of thiazole rings is 1. The Morgan fingerprint density at radius 1 is 1.31 bits per heavy atom. The zero-order valence-corrected chi connectivity index (χ0v) is 18.8. The van der Waals surface area contributed by atoms with Gasteiger partial charge in [-0.2, -0.15) is 0 Å². The Balaban J connectivity index is 0.00000338. The van der Waals surface area contributed by atoms with Crippen molar-refractivity contribution in [3.8, 4) is 0 Å². The lowest BCUT2D eigenvalue weighted by atomic mass is 10.2. The van der Waals surface area contributed by atoms with E-state index < -0.39 is 0 Å². The standard InChI is InChI=1S/C18H26FN5S.HI/c1-13-14(2)25-17(23-13)12-22-18(20-3)21-9-6-10-24(4)16-8-5-7-15(19)11-16;/h5,7-8,11H,6,9-10,12H2,1-4H3,(H2,20,21,22);1H. The number of nitrogens with one attached hydrogen (secondary N) is 2. The summed E-state index contributed by atoms with van der Waals surface area (Å²) in [5, 5.41) is 7.63. The van der Waals surface area contributed by atoms with E-state index in [4.69, 9.17) is 0 Å². The monoisotopic (exact) mass is 491 g/mol. The smallest absolute Gasteiger partial charge is 0.191 e. The lowest BCUT2D eigenvalue weighted by Crippen LogP contribution is -2.38. The van der Waals surface area contributed by atoms with Gasteiger partial charge in [-0.15, -0.1) is 35.3 Å². The molecule has 0 atom stereocenters. The van der Waals surface area contributed by atoms with Crippen molar-refractivity contribution in [2.75, 3.05) is 32.1 Å². The molecule has 1 heterocycles. The molecule has 2 aromatic rings. The molecule has 144 valence electrons. The van der Waals surface area contributed by atoms with Crippen LogP contribution in [0.1, 0.15) is 22.0 Å². The molecule has 0 amide bonds. The zero-order valence-electron chi connectivity index (χ0n) is 15.7. The predicted molar refractivity (Wildman–Crippen MR) is 119 cm³/mol. The van der Waals surface area contributed by atoms with Crippen molar-refractivity contribution < 1.29 is 4.39 Å². The molecule has 0 saturated carbocycles. The van der Waals surface area contributed by atoms with E-state index in [-0.39, 0.29) is 29.8 Å². The maximum absolute atomic E-state index is 13.3. The molecule has 0 fully saturated rings. The van der Waals surface area contributed by atoms with Crippen molar-refractivity contribution in [3.05, 3.63) is 45.7 Å². The average Bonchev–Trinajstić information content (AvgIpc) is 2.92. The Morgan fingerprint density at radius 3 is 2.69 bits per heavy atom. The second-order valence-electron chi connectivity index (χ2n) is 5.86. The van der Waals surface area contributed by atoms with Gasteiger partial charge in [0.05, 0.1) is 12.2 Å². The summed E-state index contributed by atoms with van der Waals surface area (Å²) in [6.07, 6.45) is 0.920. The fourth-order valence-electron chi connectivity index (χ4n) is 2.36. The van der Waals surface area contributed by atoms with Crippen LogP contribution in [0.3, 0.4) is 0 Å². The number of halogens is 2. The van der Waals surface area contributed by atoms with Gasteiger partial charge in [0.15, 0.2) is 5.96 Å². The van der Waals surface area contributed by atoms with E-state index in [9.17, 15) is 4.39 Å². The van der Waals surface area contributed by atoms with Gasteiger partial charge >= 0.3 is 0 Å². The quantitative estimate of drug-likeness (QED) is 0.269. The number of nitrogens with zero attached hydrogens (tertiary/aromatic N) is 3. The molecule has 1 aromatic carbocycles. The minimum atomic E-state index is -0.209. The van der Waals surface area contributed by atoms with E-state index in [1.54, 1.807) is 30.5 Å². The summed E-state index contributed by atoms with van der Waals surface area (Å²) in [7, 11) is 3.72. The van der Waals surface area contributed by atoms with E-state index >= 15 is 0 Å². The Hall–Kier alpha value is -1.42. The molecule has 26 heavy (non-hydrogen) atoms. The summed E-state index contributed by atoms with van der Waals surface area (Å²) >= 11 is 1.70. The summed E-state index contributed by atoms with van der Waals surface area (Å²) in [5.74, 6) is 0.554. The van der Waals surface area contributed by atoms with E-state index in [0.29, 0.717) is 6.54 Å². The number of benzene rings is 1. The van der Waals surface area contributed by atoms with Crippen LogP contribution in [0.25, 0.3) is 0 Å². The molecule has 2 rings (SSSR count). The fraction of sp³-hybridized carbons (Fsp3) is 0.444. The van der Waals surface area contributed by atoms with Crippen molar-refractivity contribution in [1.29, 1.82) is 0 Å². The van der Waals surface area contributed by atoms with Gasteiger partial charge in [-0.25, -0.2) is 9.37 Å². The highest BCUT2D eigenvalue weighted by atomic mass is 127. The molecule has 0 bridgehead atoms. The Labute approximate surface area is 176 Å². The number of aromatic nitrogens is 1. The maximum atomic E-state index is 13.3. The molecular weight excluding hydrogens is 464 g/mol. The molecule has 0 aliphatic heterocycles. The minimum Gasteiger partial charge on any atom is -0.374 e. The lowest BCUT2D eigenvalue weighted by Gasteiger charge is -2.19. The Morgan fingerprint density at radius 2 is 2.08 bits per heavy atom. The normalized spacial score (nSPS) is 11.0. The van der Waals surface area contributed by atoms with Crippen molar-refractivity contribution in [2.45, 2.75) is 26.8 Å². The highest BCUT2D eigenvalue weighted by molar-refractivity contribution is 14.0. The van der Waals surface area contributed by atoms with Crippen LogP contribution in [0.4, 0.5) is 10.1 Å². The highest BCUT2D eigenvalue weighted by Crippen LogP contribution is 2.16. The minimum absolute atomic E-state index is 0. The SMILES string of the molecule is CN=C(NCCCN(C)c1cccc(F)c1)NCc1nc(C)c(C)s1.I.